The molecular weight excluding hydrogens is 1060 g/mol. The first-order valence-electron chi connectivity index (χ1n) is 25.5. The summed E-state index contributed by atoms with van der Waals surface area (Å²) in [5.41, 5.74) is 2.41. The van der Waals surface area contributed by atoms with Gasteiger partial charge in [0.25, 0.3) is 10.0 Å². The molecule has 1 fully saturated rings. The monoisotopic (exact) mass is 1120 g/mol. The van der Waals surface area contributed by atoms with Crippen molar-refractivity contribution in [2.75, 3.05) is 46.6 Å². The highest BCUT2D eigenvalue weighted by atomic mass is 32.2. The number of aromatic nitrogens is 2. The molecule has 414 valence electrons. The van der Waals surface area contributed by atoms with E-state index < -0.39 is 63.5 Å². The number of amides is 4. The number of aryl methyl sites for hydroxylation is 1. The molecule has 0 spiro atoms. The Morgan fingerprint density at radius 2 is 1.19 bits per heavy atom. The molecule has 0 saturated carbocycles. The number of aliphatic hydroxyl groups is 1. The fourth-order valence-corrected chi connectivity index (χ4v) is 11.6. The van der Waals surface area contributed by atoms with Gasteiger partial charge in [-0.3, -0.25) is 9.97 Å². The maximum Gasteiger partial charge on any atom is 0.464 e. The predicted molar refractivity (Wildman–Crippen MR) is 301 cm³/mol. The molecule has 3 heterocycles. The number of hydrogen-bond acceptors (Lipinski definition) is 13. The summed E-state index contributed by atoms with van der Waals surface area (Å²) in [6.45, 7) is 0.620. The molecule has 3 atom stereocenters. The first kappa shape index (κ1) is 55.0. The molecule has 0 aliphatic carbocycles. The summed E-state index contributed by atoms with van der Waals surface area (Å²) in [7, 11) is 1.06. The average molecular weight is 1120 g/mol. The van der Waals surface area contributed by atoms with Crippen molar-refractivity contribution in [1.29, 1.82) is 0 Å². The molecule has 0 bridgehead atoms. The number of halogens is 2. The smallest absolute Gasteiger partial charge is 0.464 e. The van der Waals surface area contributed by atoms with Gasteiger partial charge in [-0.15, -0.1) is 5.01 Å². The van der Waals surface area contributed by atoms with Gasteiger partial charge < -0.3 is 38.8 Å². The number of hydrogen-bond donors (Lipinski definition) is 2. The number of carbonyl (C=O) groups is 2. The summed E-state index contributed by atoms with van der Waals surface area (Å²) in [6, 6.07) is 35.7. The molecule has 0 radical (unpaired) electrons. The minimum atomic E-state index is -4.82. The number of benzene rings is 7. The van der Waals surface area contributed by atoms with Gasteiger partial charge in [0.1, 0.15) is 29.8 Å². The molecule has 1 aliphatic rings. The van der Waals surface area contributed by atoms with Crippen molar-refractivity contribution in [2.45, 2.75) is 36.7 Å². The summed E-state index contributed by atoms with van der Waals surface area (Å²) in [4.78, 5) is 40.7. The summed E-state index contributed by atoms with van der Waals surface area (Å²) in [6.07, 6.45) is 2.95. The Morgan fingerprint density at radius 1 is 0.667 bits per heavy atom. The number of nitrogens with zero attached hydrogens (tertiary/aromatic N) is 5. The van der Waals surface area contributed by atoms with Gasteiger partial charge in [-0.25, -0.2) is 26.8 Å². The molecule has 9 aromatic rings. The third-order valence-electron chi connectivity index (χ3n) is 14.0. The van der Waals surface area contributed by atoms with Gasteiger partial charge in [0.15, 0.2) is 51.8 Å². The van der Waals surface area contributed by atoms with Crippen molar-refractivity contribution in [3.63, 3.8) is 0 Å². The normalized spacial score (nSPS) is 15.5. The van der Waals surface area contributed by atoms with E-state index in [0.29, 0.717) is 50.4 Å². The zero-order chi connectivity index (χ0) is 57.0. The molecule has 2 N–H and O–H groups in total. The molecule has 7 aromatic carbocycles. The first-order chi connectivity index (χ1) is 39.2. The number of pyridine rings is 2. The third-order valence-corrected chi connectivity index (χ3v) is 15.8. The van der Waals surface area contributed by atoms with Crippen molar-refractivity contribution < 1.29 is 60.3 Å². The number of aliphatic hydroxyl groups excluding tert-OH is 1. The summed E-state index contributed by atoms with van der Waals surface area (Å²) < 4.78 is 99.2. The zero-order valence-corrected chi connectivity index (χ0v) is 45.4. The van der Waals surface area contributed by atoms with Crippen LogP contribution in [0.4, 0.5) is 29.7 Å². The lowest BCUT2D eigenvalue weighted by Gasteiger charge is -2.39. The third kappa shape index (κ3) is 10.8. The van der Waals surface area contributed by atoms with Crippen LogP contribution in [0, 0.1) is 18.6 Å². The topological polar surface area (TPSA) is 188 Å². The number of rotatable bonds is 19. The Labute approximate surface area is 465 Å². The van der Waals surface area contributed by atoms with E-state index in [1.807, 2.05) is 6.07 Å². The SMILES string of the molecule is COc1cc2nccc(Oc3ccc(N(C(=O)NC(CO)Cc4ccccc4)[N+]4(c5ccc(Oc6ccnc7cc(OC)c(OC)cc67)c(F)c5)CC(Cc5ccccc5)N(S(=O)(=O)c5ccc(C)cc5)C4=O)cc3F)c2cc1OC. The Morgan fingerprint density at radius 3 is 1.70 bits per heavy atom. The number of methoxy groups -OCH3 is 4. The number of sulfonamides is 1. The predicted octanol–water partition coefficient (Wildman–Crippen LogP) is 11.5. The highest BCUT2D eigenvalue weighted by molar-refractivity contribution is 7.89. The molecule has 1 saturated heterocycles. The van der Waals surface area contributed by atoms with Crippen LogP contribution in [0.25, 0.3) is 21.8 Å². The Hall–Kier alpha value is -9.37. The molecule has 10 rings (SSSR count). The Kier molecular flexibility index (Phi) is 15.7. The van der Waals surface area contributed by atoms with Crippen molar-refractivity contribution in [3.8, 4) is 46.0 Å². The first-order valence-corrected chi connectivity index (χ1v) is 26.9. The standard InChI is InChI=1S/C61H54F2N6O11S/c1-38-16-20-45(21-17-38)81(73,74)68-43(29-40-14-10-7-11-15-40)36-69(61(68)72,44-19-23-55(49(63)31-44)80-53-25-27-65-51-35-59(78-5)57(76-3)33-47(51)53)67(60(71)66-41(37-70)28-39-12-8-6-9-13-39)42-18-22-54(48(62)30-42)79-52-24-26-64-50-34-58(77-4)56(75-2)32-46(50)52/h6-27,30-35,41,43,70H,28-29,36-37H2,1-5H3/p+1. The van der Waals surface area contributed by atoms with Crippen molar-refractivity contribution >= 4 is 55.3 Å². The Balaban J connectivity index is 1.17. The lowest BCUT2D eigenvalue weighted by atomic mass is 10.1. The number of carbonyl (C=O) groups excluding carboxylic acids is 2. The van der Waals surface area contributed by atoms with Crippen molar-refractivity contribution in [1.82, 2.24) is 24.2 Å². The summed E-state index contributed by atoms with van der Waals surface area (Å²) >= 11 is 0. The molecule has 20 heteroatoms. The second kappa shape index (κ2) is 23.1. The van der Waals surface area contributed by atoms with Gasteiger partial charge in [-0.2, -0.15) is 4.31 Å². The van der Waals surface area contributed by atoms with Gasteiger partial charge in [-0.05, 0) is 85.5 Å². The Bertz CT molecular complexity index is 3920. The molecular formula is C61H55F2N6O11S+. The lowest BCUT2D eigenvalue weighted by Crippen LogP contribution is -2.69. The quantitative estimate of drug-likeness (QED) is 0.0729. The van der Waals surface area contributed by atoms with Crippen LogP contribution in [0.2, 0.25) is 0 Å². The van der Waals surface area contributed by atoms with E-state index in [-0.39, 0.29) is 52.1 Å². The van der Waals surface area contributed by atoms with Gasteiger partial charge in [0, 0.05) is 53.5 Å². The van der Waals surface area contributed by atoms with E-state index in [9.17, 15) is 5.11 Å². The molecule has 81 heavy (non-hydrogen) atoms. The number of fused-ring (bicyclic) bond motifs is 2. The van der Waals surface area contributed by atoms with Crippen LogP contribution >= 0.6 is 0 Å². The number of quaternary nitrogens is 1. The molecule has 4 amide bonds. The summed E-state index contributed by atoms with van der Waals surface area (Å²) in [5.74, 6) is -0.888. The minimum absolute atomic E-state index is 0.0782. The number of ether oxygens (including phenoxy) is 6. The highest BCUT2D eigenvalue weighted by Gasteiger charge is 2.64. The molecule has 2 aromatic heterocycles. The second-order valence-electron chi connectivity index (χ2n) is 19.0. The van der Waals surface area contributed by atoms with Gasteiger partial charge in [0.05, 0.1) is 57.0 Å². The summed E-state index contributed by atoms with van der Waals surface area (Å²) in [5, 5.41) is 15.5. The lowest BCUT2D eigenvalue weighted by molar-refractivity contribution is 0.190. The van der Waals surface area contributed by atoms with E-state index >= 15 is 26.8 Å². The van der Waals surface area contributed by atoms with Gasteiger partial charge >= 0.3 is 12.1 Å². The second-order valence-corrected chi connectivity index (χ2v) is 20.8. The molecule has 17 nitrogen and oxygen atoms in total. The van der Waals surface area contributed by atoms with Crippen molar-refractivity contribution in [3.05, 3.63) is 198 Å². The van der Waals surface area contributed by atoms with Crippen LogP contribution < -0.4 is 43.3 Å². The number of urea groups is 2. The van der Waals surface area contributed by atoms with Crippen LogP contribution in [0.15, 0.2) is 175 Å². The molecule has 1 aliphatic heterocycles. The average Bonchev–Trinajstić information content (AvgIpc) is 4.06. The van der Waals surface area contributed by atoms with E-state index in [2.05, 4.69) is 15.3 Å². The maximum absolute atomic E-state index is 17.4. The van der Waals surface area contributed by atoms with E-state index in [0.717, 1.165) is 32.6 Å². The number of anilines is 1. The van der Waals surface area contributed by atoms with Crippen LogP contribution in [0.5, 0.6) is 46.0 Å². The number of nitrogens with one attached hydrogen (secondary N) is 1. The van der Waals surface area contributed by atoms with E-state index in [1.165, 1.54) is 89.4 Å². The van der Waals surface area contributed by atoms with Gasteiger partial charge in [0.2, 0.25) is 0 Å². The van der Waals surface area contributed by atoms with Crippen LogP contribution in [-0.4, -0.2) is 93.5 Å². The van der Waals surface area contributed by atoms with E-state index in [1.54, 1.807) is 97.9 Å². The highest BCUT2D eigenvalue weighted by Crippen LogP contribution is 2.45. The minimum Gasteiger partial charge on any atom is -0.493 e. The van der Waals surface area contributed by atoms with Crippen LogP contribution in [0.1, 0.15) is 16.7 Å². The van der Waals surface area contributed by atoms with E-state index in [4.69, 9.17) is 28.4 Å². The van der Waals surface area contributed by atoms with Crippen LogP contribution in [0.3, 0.4) is 0 Å². The maximum atomic E-state index is 17.4. The largest absolute Gasteiger partial charge is 0.493 e. The van der Waals surface area contributed by atoms with Crippen LogP contribution in [-0.2, 0) is 22.9 Å². The van der Waals surface area contributed by atoms with Gasteiger partial charge in [-0.1, -0.05) is 83.0 Å². The fourth-order valence-electron chi connectivity index (χ4n) is 10.0. The zero-order valence-electron chi connectivity index (χ0n) is 44.6. The fraction of sp³-hybridized carbons (Fsp3) is 0.180. The molecule has 3 unspecified atom stereocenters. The van der Waals surface area contributed by atoms with Crippen molar-refractivity contribution in [2.24, 2.45) is 0 Å².